The number of rotatable bonds is 8. The smallest absolute Gasteiger partial charge is 0.339 e. The highest BCUT2D eigenvalue weighted by atomic mass is 79.9. The van der Waals surface area contributed by atoms with E-state index in [9.17, 15) is 23.3 Å². The van der Waals surface area contributed by atoms with Crippen molar-refractivity contribution in [2.75, 3.05) is 7.11 Å². The van der Waals surface area contributed by atoms with Gasteiger partial charge in [0.1, 0.15) is 4.90 Å². The minimum Gasteiger partial charge on any atom is -0.493 e. The van der Waals surface area contributed by atoms with Crippen LogP contribution in [0.4, 0.5) is 5.69 Å². The summed E-state index contributed by atoms with van der Waals surface area (Å²) in [6, 6.07) is 15.5. The second kappa shape index (κ2) is 10.2. The van der Waals surface area contributed by atoms with E-state index in [1.54, 1.807) is 24.3 Å². The monoisotopic (exact) mass is 533 g/mol. The van der Waals surface area contributed by atoms with Crippen LogP contribution in [0.15, 0.2) is 81.2 Å². The summed E-state index contributed by atoms with van der Waals surface area (Å²) in [5.74, 6) is -0.411. The quantitative estimate of drug-likeness (QED) is 0.200. The Bertz CT molecular complexity index is 1330. The van der Waals surface area contributed by atoms with Crippen LogP contribution in [0, 0.1) is 10.1 Å². The lowest BCUT2D eigenvalue weighted by Crippen LogP contribution is -2.18. The molecule has 10 nitrogen and oxygen atoms in total. The lowest BCUT2D eigenvalue weighted by atomic mass is 10.2. The van der Waals surface area contributed by atoms with Crippen LogP contribution in [0.3, 0.4) is 0 Å². The minimum atomic E-state index is -4.26. The van der Waals surface area contributed by atoms with Gasteiger partial charge in [0.25, 0.3) is 11.6 Å². The number of non-ortho nitro benzene ring substituents is 1. The number of nitrogens with one attached hydrogen (secondary N) is 1. The van der Waals surface area contributed by atoms with E-state index in [1.807, 2.05) is 0 Å². The van der Waals surface area contributed by atoms with Gasteiger partial charge in [0, 0.05) is 16.6 Å². The maximum absolute atomic E-state index is 12.5. The molecule has 3 aromatic rings. The van der Waals surface area contributed by atoms with Crippen molar-refractivity contribution in [3.05, 3.63) is 92.4 Å². The zero-order chi connectivity index (χ0) is 24.0. The number of hydrogen-bond donors (Lipinski definition) is 1. The zero-order valence-corrected chi connectivity index (χ0v) is 19.4. The Morgan fingerprint density at radius 2 is 1.79 bits per heavy atom. The van der Waals surface area contributed by atoms with E-state index in [-0.39, 0.29) is 22.1 Å². The molecule has 1 amide bonds. The van der Waals surface area contributed by atoms with E-state index in [0.717, 1.165) is 24.3 Å². The number of nitro benzene ring substituents is 1. The van der Waals surface area contributed by atoms with Crippen LogP contribution in [-0.2, 0) is 10.1 Å². The summed E-state index contributed by atoms with van der Waals surface area (Å²) in [5.41, 5.74) is 3.06. The third kappa shape index (κ3) is 5.93. The number of hydrogen-bond acceptors (Lipinski definition) is 8. The molecule has 0 spiro atoms. The summed E-state index contributed by atoms with van der Waals surface area (Å²) in [7, 11) is -2.93. The standard InChI is InChI=1S/C21H16BrN3O7S/c1-31-20-12-14(13-23-24-21(26)17-4-2-3-5-18(17)22)6-11-19(20)32-33(29,30)16-9-7-15(8-10-16)25(27)28/h2-13H,1H3,(H,24,26)/b23-13-. The van der Waals surface area contributed by atoms with Gasteiger partial charge in [-0.05, 0) is 64.0 Å². The van der Waals surface area contributed by atoms with Crippen molar-refractivity contribution >= 4 is 43.9 Å². The Morgan fingerprint density at radius 3 is 2.42 bits per heavy atom. The van der Waals surface area contributed by atoms with Crippen LogP contribution >= 0.6 is 15.9 Å². The van der Waals surface area contributed by atoms with Crippen LogP contribution in [-0.4, -0.2) is 32.6 Å². The molecule has 170 valence electrons. The highest BCUT2D eigenvalue weighted by Gasteiger charge is 2.20. The average molecular weight is 534 g/mol. The summed E-state index contributed by atoms with van der Waals surface area (Å²) >= 11 is 3.29. The van der Waals surface area contributed by atoms with Gasteiger partial charge in [-0.15, -0.1) is 0 Å². The summed E-state index contributed by atoms with van der Waals surface area (Å²) in [5, 5.41) is 14.6. The number of hydrazone groups is 1. The van der Waals surface area contributed by atoms with E-state index in [4.69, 9.17) is 8.92 Å². The maximum atomic E-state index is 12.5. The fourth-order valence-electron chi connectivity index (χ4n) is 2.61. The van der Waals surface area contributed by atoms with Crippen molar-refractivity contribution in [2.24, 2.45) is 5.10 Å². The number of methoxy groups -OCH3 is 1. The summed E-state index contributed by atoms with van der Waals surface area (Å²) in [4.78, 5) is 22.0. The molecule has 0 bridgehead atoms. The molecular weight excluding hydrogens is 518 g/mol. The molecule has 0 atom stereocenters. The fourth-order valence-corrected chi connectivity index (χ4v) is 4.01. The minimum absolute atomic E-state index is 0.0924. The summed E-state index contributed by atoms with van der Waals surface area (Å²) < 4.78 is 36.0. The molecule has 0 unspecified atom stereocenters. The normalized spacial score (nSPS) is 11.2. The van der Waals surface area contributed by atoms with Gasteiger partial charge in [-0.3, -0.25) is 14.9 Å². The van der Waals surface area contributed by atoms with Gasteiger partial charge in [0.05, 0.1) is 23.8 Å². The highest BCUT2D eigenvalue weighted by molar-refractivity contribution is 9.10. The van der Waals surface area contributed by atoms with E-state index in [1.165, 1.54) is 31.5 Å². The number of amides is 1. The number of nitrogens with zero attached hydrogens (tertiary/aromatic N) is 2. The molecule has 0 radical (unpaired) electrons. The Hall–Kier alpha value is -3.77. The maximum Gasteiger partial charge on any atom is 0.339 e. The number of nitro groups is 1. The Kier molecular flexibility index (Phi) is 7.41. The molecule has 0 saturated carbocycles. The van der Waals surface area contributed by atoms with Gasteiger partial charge in [-0.1, -0.05) is 12.1 Å². The number of ether oxygens (including phenoxy) is 1. The van der Waals surface area contributed by atoms with Gasteiger partial charge in [0.15, 0.2) is 11.5 Å². The van der Waals surface area contributed by atoms with Crippen LogP contribution < -0.4 is 14.3 Å². The molecule has 1 N–H and O–H groups in total. The lowest BCUT2D eigenvalue weighted by Gasteiger charge is -2.11. The first-order valence-electron chi connectivity index (χ1n) is 9.16. The van der Waals surface area contributed by atoms with Crippen molar-refractivity contribution in [3.63, 3.8) is 0 Å². The van der Waals surface area contributed by atoms with Crippen molar-refractivity contribution in [1.29, 1.82) is 0 Å². The van der Waals surface area contributed by atoms with E-state index < -0.39 is 20.9 Å². The van der Waals surface area contributed by atoms with Gasteiger partial charge in [-0.25, -0.2) is 5.43 Å². The molecular formula is C21H16BrN3O7S. The lowest BCUT2D eigenvalue weighted by molar-refractivity contribution is -0.384. The number of carbonyl (C=O) groups is 1. The van der Waals surface area contributed by atoms with Gasteiger partial charge < -0.3 is 8.92 Å². The predicted octanol–water partition coefficient (Wildman–Crippen LogP) is 3.90. The van der Waals surface area contributed by atoms with E-state index in [0.29, 0.717) is 15.6 Å². The average Bonchev–Trinajstić information content (AvgIpc) is 2.80. The molecule has 0 saturated heterocycles. The first kappa shape index (κ1) is 23.9. The summed E-state index contributed by atoms with van der Waals surface area (Å²) in [6.45, 7) is 0. The fraction of sp³-hybridized carbons (Fsp3) is 0.0476. The topological polar surface area (TPSA) is 137 Å². The molecule has 0 aliphatic heterocycles. The third-order valence-corrected chi connectivity index (χ3v) is 6.16. The Morgan fingerprint density at radius 1 is 1.09 bits per heavy atom. The molecule has 0 aliphatic rings. The van der Waals surface area contributed by atoms with Crippen LogP contribution in [0.5, 0.6) is 11.5 Å². The molecule has 33 heavy (non-hydrogen) atoms. The Labute approximate surface area is 197 Å². The van der Waals surface area contributed by atoms with Crippen molar-refractivity contribution in [3.8, 4) is 11.5 Å². The molecule has 3 aromatic carbocycles. The van der Waals surface area contributed by atoms with Crippen molar-refractivity contribution < 1.29 is 27.1 Å². The van der Waals surface area contributed by atoms with Crippen LogP contribution in [0.2, 0.25) is 0 Å². The summed E-state index contributed by atoms with van der Waals surface area (Å²) in [6.07, 6.45) is 1.35. The van der Waals surface area contributed by atoms with E-state index >= 15 is 0 Å². The molecule has 0 aliphatic carbocycles. The predicted molar refractivity (Wildman–Crippen MR) is 123 cm³/mol. The Balaban J connectivity index is 1.74. The van der Waals surface area contributed by atoms with Crippen LogP contribution in [0.25, 0.3) is 0 Å². The second-order valence-electron chi connectivity index (χ2n) is 6.38. The molecule has 0 aromatic heterocycles. The first-order valence-corrected chi connectivity index (χ1v) is 11.4. The largest absolute Gasteiger partial charge is 0.493 e. The van der Waals surface area contributed by atoms with Crippen LogP contribution in [0.1, 0.15) is 15.9 Å². The second-order valence-corrected chi connectivity index (χ2v) is 8.78. The molecule has 0 heterocycles. The van der Waals surface area contributed by atoms with Gasteiger partial charge in [0.2, 0.25) is 0 Å². The SMILES string of the molecule is COc1cc(/C=N\NC(=O)c2ccccc2Br)ccc1OS(=O)(=O)c1ccc([N+](=O)[O-])cc1. The zero-order valence-electron chi connectivity index (χ0n) is 17.0. The third-order valence-electron chi connectivity index (χ3n) is 4.22. The number of benzene rings is 3. The number of halogens is 1. The van der Waals surface area contributed by atoms with Crippen molar-refractivity contribution in [1.82, 2.24) is 5.43 Å². The van der Waals surface area contributed by atoms with Gasteiger partial charge in [-0.2, -0.15) is 13.5 Å². The highest BCUT2D eigenvalue weighted by Crippen LogP contribution is 2.30. The van der Waals surface area contributed by atoms with E-state index in [2.05, 4.69) is 26.5 Å². The molecule has 0 fully saturated rings. The van der Waals surface area contributed by atoms with Crippen molar-refractivity contribution in [2.45, 2.75) is 4.90 Å². The molecule has 3 rings (SSSR count). The van der Waals surface area contributed by atoms with Gasteiger partial charge >= 0.3 is 10.1 Å². The number of carbonyl (C=O) groups excluding carboxylic acids is 1. The first-order chi connectivity index (χ1) is 15.7. The molecule has 12 heteroatoms.